The van der Waals surface area contributed by atoms with Crippen LogP contribution < -0.4 is 0 Å². The zero-order valence-corrected chi connectivity index (χ0v) is 12.3. The maximum Gasteiger partial charge on any atom is 0.323 e. The number of nitrogens with zero attached hydrogens (tertiary/aromatic N) is 1. The van der Waals surface area contributed by atoms with E-state index < -0.39 is 11.5 Å². The maximum atomic E-state index is 12.4. The first kappa shape index (κ1) is 16.9. The van der Waals surface area contributed by atoms with Gasteiger partial charge in [0.05, 0.1) is 0 Å². The summed E-state index contributed by atoms with van der Waals surface area (Å²) >= 11 is 0. The maximum absolute atomic E-state index is 12.4. The van der Waals surface area contributed by atoms with Crippen molar-refractivity contribution >= 4 is 11.9 Å². The van der Waals surface area contributed by atoms with E-state index in [1.165, 1.54) is 4.90 Å². The van der Waals surface area contributed by atoms with Gasteiger partial charge in [0.15, 0.2) is 0 Å². The van der Waals surface area contributed by atoms with Crippen LogP contribution in [0, 0.1) is 5.92 Å². The molecule has 0 saturated heterocycles. The summed E-state index contributed by atoms with van der Waals surface area (Å²) in [4.78, 5) is 24.8. The molecule has 0 aliphatic heterocycles. The van der Waals surface area contributed by atoms with Crippen molar-refractivity contribution in [2.75, 3.05) is 6.54 Å². The summed E-state index contributed by atoms with van der Waals surface area (Å²) in [5.74, 6) is -1.03. The van der Waals surface area contributed by atoms with E-state index in [4.69, 9.17) is 5.11 Å². The van der Waals surface area contributed by atoms with Crippen LogP contribution in [0.15, 0.2) is 0 Å². The lowest BCUT2D eigenvalue weighted by Crippen LogP contribution is -2.50. The average molecular weight is 257 g/mol. The van der Waals surface area contributed by atoms with Crippen LogP contribution in [-0.2, 0) is 9.59 Å². The van der Waals surface area contributed by atoms with E-state index >= 15 is 0 Å². The predicted octanol–water partition coefficient (Wildman–Crippen LogP) is 2.91. The van der Waals surface area contributed by atoms with Crippen molar-refractivity contribution in [3.05, 3.63) is 0 Å². The normalized spacial score (nSPS) is 13.2. The average Bonchev–Trinajstić information content (AvgIpc) is 2.25. The number of carboxylic acid groups (broad SMARTS) is 1. The molecule has 0 rings (SSSR count). The van der Waals surface area contributed by atoms with E-state index in [0.29, 0.717) is 0 Å². The first-order valence-corrected chi connectivity index (χ1v) is 6.77. The van der Waals surface area contributed by atoms with Crippen LogP contribution in [-0.4, -0.2) is 34.0 Å². The molecule has 0 aliphatic rings. The van der Waals surface area contributed by atoms with Gasteiger partial charge in [0.25, 0.3) is 0 Å². The van der Waals surface area contributed by atoms with Gasteiger partial charge >= 0.3 is 5.97 Å². The fourth-order valence-electron chi connectivity index (χ4n) is 1.95. The highest BCUT2D eigenvalue weighted by atomic mass is 16.4. The van der Waals surface area contributed by atoms with Gasteiger partial charge in [-0.3, -0.25) is 9.59 Å². The molecule has 0 aliphatic carbocycles. The first-order valence-electron chi connectivity index (χ1n) is 6.77. The van der Waals surface area contributed by atoms with Crippen LogP contribution in [0.25, 0.3) is 0 Å². The molecule has 0 radical (unpaired) electrons. The number of carboxylic acids is 1. The Hall–Kier alpha value is -1.06. The molecular weight excluding hydrogens is 230 g/mol. The number of hydrogen-bond acceptors (Lipinski definition) is 2. The molecule has 1 amide bonds. The predicted molar refractivity (Wildman–Crippen MR) is 72.4 cm³/mol. The van der Waals surface area contributed by atoms with Gasteiger partial charge in [-0.2, -0.15) is 0 Å². The minimum Gasteiger partial charge on any atom is -0.480 e. The summed E-state index contributed by atoms with van der Waals surface area (Å²) in [7, 11) is 0. The highest BCUT2D eigenvalue weighted by molar-refractivity contribution is 5.83. The second-order valence-electron chi connectivity index (χ2n) is 5.74. The molecule has 0 aromatic carbocycles. The summed E-state index contributed by atoms with van der Waals surface area (Å²) in [5, 5.41) is 8.93. The van der Waals surface area contributed by atoms with Gasteiger partial charge in [-0.05, 0) is 33.6 Å². The number of carbonyl (C=O) groups excluding carboxylic acids is 1. The standard InChI is InChI=1S/C14H27NO3/c1-6-8-9-11(7-2)13(18)15(10-12(16)17)14(3,4)5/h11H,6-10H2,1-5H3,(H,16,17). The zero-order valence-electron chi connectivity index (χ0n) is 12.3. The van der Waals surface area contributed by atoms with Gasteiger partial charge in [-0.1, -0.05) is 26.7 Å². The summed E-state index contributed by atoms with van der Waals surface area (Å²) in [6, 6.07) is 0. The number of rotatable bonds is 7. The molecule has 0 heterocycles. The lowest BCUT2D eigenvalue weighted by atomic mass is 9.95. The molecule has 4 heteroatoms. The largest absolute Gasteiger partial charge is 0.480 e. The zero-order chi connectivity index (χ0) is 14.3. The van der Waals surface area contributed by atoms with Gasteiger partial charge in [0.1, 0.15) is 6.54 Å². The van der Waals surface area contributed by atoms with E-state index in [2.05, 4.69) is 6.92 Å². The Bertz CT molecular complexity index is 281. The van der Waals surface area contributed by atoms with Crippen molar-refractivity contribution in [1.29, 1.82) is 0 Å². The molecule has 1 atom stereocenters. The topological polar surface area (TPSA) is 57.6 Å². The molecule has 106 valence electrons. The third-order valence-corrected chi connectivity index (χ3v) is 3.12. The number of hydrogen-bond donors (Lipinski definition) is 1. The van der Waals surface area contributed by atoms with Crippen molar-refractivity contribution in [1.82, 2.24) is 4.90 Å². The van der Waals surface area contributed by atoms with E-state index in [9.17, 15) is 9.59 Å². The Morgan fingerprint density at radius 3 is 2.11 bits per heavy atom. The van der Waals surface area contributed by atoms with E-state index in [0.717, 1.165) is 25.7 Å². The molecular formula is C14H27NO3. The molecule has 0 fully saturated rings. The Kier molecular flexibility index (Phi) is 6.96. The highest BCUT2D eigenvalue weighted by Gasteiger charge is 2.32. The fourth-order valence-corrected chi connectivity index (χ4v) is 1.95. The van der Waals surface area contributed by atoms with Crippen molar-refractivity contribution in [2.45, 2.75) is 65.8 Å². The van der Waals surface area contributed by atoms with E-state index in [1.807, 2.05) is 27.7 Å². The van der Waals surface area contributed by atoms with Gasteiger partial charge in [-0.15, -0.1) is 0 Å². The lowest BCUT2D eigenvalue weighted by molar-refractivity contribution is -0.150. The second kappa shape index (κ2) is 7.39. The molecule has 0 bridgehead atoms. The third-order valence-electron chi connectivity index (χ3n) is 3.12. The van der Waals surface area contributed by atoms with Crippen molar-refractivity contribution in [3.8, 4) is 0 Å². The molecule has 0 spiro atoms. The SMILES string of the molecule is CCCCC(CC)C(=O)N(CC(=O)O)C(C)(C)C. The molecule has 18 heavy (non-hydrogen) atoms. The van der Waals surface area contributed by atoms with Gasteiger partial charge in [-0.25, -0.2) is 0 Å². The van der Waals surface area contributed by atoms with Crippen molar-refractivity contribution in [3.63, 3.8) is 0 Å². The molecule has 1 N–H and O–H groups in total. The van der Waals surface area contributed by atoms with Crippen LogP contribution in [0.4, 0.5) is 0 Å². The van der Waals surface area contributed by atoms with Gasteiger partial charge in [0.2, 0.25) is 5.91 Å². The minimum atomic E-state index is -0.955. The van der Waals surface area contributed by atoms with Crippen molar-refractivity contribution < 1.29 is 14.7 Å². The lowest BCUT2D eigenvalue weighted by Gasteiger charge is -2.36. The Morgan fingerprint density at radius 2 is 1.78 bits per heavy atom. The highest BCUT2D eigenvalue weighted by Crippen LogP contribution is 2.21. The Morgan fingerprint density at radius 1 is 1.22 bits per heavy atom. The Labute approximate surface area is 110 Å². The van der Waals surface area contributed by atoms with E-state index in [-0.39, 0.29) is 18.4 Å². The number of carbonyl (C=O) groups is 2. The molecule has 1 unspecified atom stereocenters. The van der Waals surface area contributed by atoms with E-state index in [1.54, 1.807) is 0 Å². The summed E-state index contributed by atoms with van der Waals surface area (Å²) in [6.45, 7) is 9.49. The number of amides is 1. The van der Waals surface area contributed by atoms with Crippen LogP contribution >= 0.6 is 0 Å². The minimum absolute atomic E-state index is 0.0270. The molecule has 0 aromatic heterocycles. The molecule has 0 saturated carbocycles. The van der Waals surface area contributed by atoms with Crippen LogP contribution in [0.1, 0.15) is 60.3 Å². The van der Waals surface area contributed by atoms with Gasteiger partial charge < -0.3 is 10.0 Å². The molecule has 0 aromatic rings. The fraction of sp³-hybridized carbons (Fsp3) is 0.857. The third kappa shape index (κ3) is 5.52. The summed E-state index contributed by atoms with van der Waals surface area (Å²) in [5.41, 5.74) is -0.449. The second-order valence-corrected chi connectivity index (χ2v) is 5.74. The smallest absolute Gasteiger partial charge is 0.323 e. The first-order chi connectivity index (χ1) is 8.23. The van der Waals surface area contributed by atoms with Crippen molar-refractivity contribution in [2.24, 2.45) is 5.92 Å². The monoisotopic (exact) mass is 257 g/mol. The summed E-state index contributed by atoms with van der Waals surface area (Å²) < 4.78 is 0. The van der Waals surface area contributed by atoms with Gasteiger partial charge in [0, 0.05) is 11.5 Å². The quantitative estimate of drug-likeness (QED) is 0.763. The Balaban J connectivity index is 4.86. The number of aliphatic carboxylic acids is 1. The summed E-state index contributed by atoms with van der Waals surface area (Å²) in [6.07, 6.45) is 3.68. The van der Waals surface area contributed by atoms with Crippen LogP contribution in [0.3, 0.4) is 0 Å². The van der Waals surface area contributed by atoms with Crippen LogP contribution in [0.5, 0.6) is 0 Å². The molecule has 4 nitrogen and oxygen atoms in total. The van der Waals surface area contributed by atoms with Crippen LogP contribution in [0.2, 0.25) is 0 Å². The number of unbranched alkanes of at least 4 members (excludes halogenated alkanes) is 1.